The van der Waals surface area contributed by atoms with Gasteiger partial charge in [-0.2, -0.15) is 0 Å². The summed E-state index contributed by atoms with van der Waals surface area (Å²) in [7, 11) is 0. The van der Waals surface area contributed by atoms with E-state index in [0.717, 1.165) is 10.2 Å². The van der Waals surface area contributed by atoms with Gasteiger partial charge in [-0.25, -0.2) is 0 Å². The number of carbonyl (C=O) groups is 1. The molecule has 0 spiro atoms. The SMILES string of the molecule is Nc1ccc(OCCNC(=O)c2cccc(Br)c2)cc1. The van der Waals surface area contributed by atoms with Gasteiger partial charge in [0, 0.05) is 15.7 Å². The Bertz CT molecular complexity index is 585. The minimum atomic E-state index is -0.118. The van der Waals surface area contributed by atoms with Gasteiger partial charge in [0.05, 0.1) is 6.54 Å². The molecule has 0 radical (unpaired) electrons. The van der Waals surface area contributed by atoms with Gasteiger partial charge in [0.1, 0.15) is 12.4 Å². The van der Waals surface area contributed by atoms with Gasteiger partial charge in [-0.1, -0.05) is 22.0 Å². The first-order chi connectivity index (χ1) is 9.65. The lowest BCUT2D eigenvalue weighted by Crippen LogP contribution is -2.28. The predicted molar refractivity (Wildman–Crippen MR) is 82.8 cm³/mol. The van der Waals surface area contributed by atoms with Crippen LogP contribution >= 0.6 is 15.9 Å². The summed E-state index contributed by atoms with van der Waals surface area (Å²) in [4.78, 5) is 11.8. The van der Waals surface area contributed by atoms with Gasteiger partial charge < -0.3 is 15.8 Å². The number of benzene rings is 2. The molecule has 0 aliphatic carbocycles. The van der Waals surface area contributed by atoms with Gasteiger partial charge in [-0.05, 0) is 42.5 Å². The summed E-state index contributed by atoms with van der Waals surface area (Å²) < 4.78 is 6.37. The van der Waals surface area contributed by atoms with Gasteiger partial charge >= 0.3 is 0 Å². The molecule has 2 rings (SSSR count). The molecule has 1 amide bonds. The fourth-order valence-electron chi connectivity index (χ4n) is 1.63. The Hall–Kier alpha value is -2.01. The second-order valence-corrected chi connectivity index (χ2v) is 5.10. The summed E-state index contributed by atoms with van der Waals surface area (Å²) in [6.07, 6.45) is 0. The Morgan fingerprint density at radius 2 is 1.95 bits per heavy atom. The first kappa shape index (κ1) is 14.4. The maximum Gasteiger partial charge on any atom is 0.251 e. The lowest BCUT2D eigenvalue weighted by atomic mass is 10.2. The topological polar surface area (TPSA) is 64.3 Å². The highest BCUT2D eigenvalue weighted by Crippen LogP contribution is 2.13. The van der Waals surface area contributed by atoms with Crippen molar-refractivity contribution in [1.29, 1.82) is 0 Å². The number of halogens is 1. The molecule has 104 valence electrons. The number of amides is 1. The second kappa shape index (κ2) is 6.96. The van der Waals surface area contributed by atoms with E-state index in [2.05, 4.69) is 21.2 Å². The van der Waals surface area contributed by atoms with E-state index < -0.39 is 0 Å². The van der Waals surface area contributed by atoms with E-state index in [0.29, 0.717) is 24.4 Å². The van der Waals surface area contributed by atoms with Crippen molar-refractivity contribution in [3.8, 4) is 5.75 Å². The van der Waals surface area contributed by atoms with E-state index in [4.69, 9.17) is 10.5 Å². The van der Waals surface area contributed by atoms with Crippen LogP contribution in [0.25, 0.3) is 0 Å². The van der Waals surface area contributed by atoms with E-state index >= 15 is 0 Å². The van der Waals surface area contributed by atoms with Crippen LogP contribution in [0.3, 0.4) is 0 Å². The van der Waals surface area contributed by atoms with E-state index in [-0.39, 0.29) is 5.91 Å². The van der Waals surface area contributed by atoms with Crippen LogP contribution in [0.5, 0.6) is 5.75 Å². The molecule has 4 nitrogen and oxygen atoms in total. The average Bonchev–Trinajstić information content (AvgIpc) is 2.45. The van der Waals surface area contributed by atoms with Crippen molar-refractivity contribution in [2.75, 3.05) is 18.9 Å². The van der Waals surface area contributed by atoms with Gasteiger partial charge in [0.25, 0.3) is 5.91 Å². The summed E-state index contributed by atoms with van der Waals surface area (Å²) >= 11 is 3.33. The van der Waals surface area contributed by atoms with Gasteiger partial charge in [0.15, 0.2) is 0 Å². The van der Waals surface area contributed by atoms with E-state index in [1.165, 1.54) is 0 Å². The highest BCUT2D eigenvalue weighted by molar-refractivity contribution is 9.10. The van der Waals surface area contributed by atoms with Crippen molar-refractivity contribution in [1.82, 2.24) is 5.32 Å². The number of anilines is 1. The molecule has 0 heterocycles. The fourth-order valence-corrected chi connectivity index (χ4v) is 2.03. The normalized spacial score (nSPS) is 10.1. The van der Waals surface area contributed by atoms with E-state index in [1.54, 1.807) is 36.4 Å². The van der Waals surface area contributed by atoms with Crippen molar-refractivity contribution < 1.29 is 9.53 Å². The van der Waals surface area contributed by atoms with Crippen molar-refractivity contribution in [2.45, 2.75) is 0 Å². The zero-order valence-electron chi connectivity index (χ0n) is 10.8. The molecule has 0 aliphatic heterocycles. The van der Waals surface area contributed by atoms with Gasteiger partial charge in [0.2, 0.25) is 0 Å². The van der Waals surface area contributed by atoms with E-state index in [9.17, 15) is 4.79 Å². The molecular formula is C15H15BrN2O2. The van der Waals surface area contributed by atoms with Crippen molar-refractivity contribution in [3.63, 3.8) is 0 Å². The third-order valence-electron chi connectivity index (χ3n) is 2.62. The summed E-state index contributed by atoms with van der Waals surface area (Å²) in [5, 5.41) is 2.80. The highest BCUT2D eigenvalue weighted by atomic mass is 79.9. The summed E-state index contributed by atoms with van der Waals surface area (Å²) in [6, 6.07) is 14.4. The number of rotatable bonds is 5. The van der Waals surface area contributed by atoms with Crippen LogP contribution in [0, 0.1) is 0 Å². The smallest absolute Gasteiger partial charge is 0.251 e. The zero-order chi connectivity index (χ0) is 14.4. The molecule has 0 saturated heterocycles. The lowest BCUT2D eigenvalue weighted by molar-refractivity contribution is 0.0947. The molecule has 5 heteroatoms. The molecule has 0 atom stereocenters. The van der Waals surface area contributed by atoms with Gasteiger partial charge in [-0.15, -0.1) is 0 Å². The molecule has 2 aromatic carbocycles. The Labute approximate surface area is 126 Å². The van der Waals surface area contributed by atoms with Crippen molar-refractivity contribution in [3.05, 3.63) is 58.6 Å². The maximum absolute atomic E-state index is 11.8. The third-order valence-corrected chi connectivity index (χ3v) is 3.12. The van der Waals surface area contributed by atoms with Crippen LogP contribution in [-0.4, -0.2) is 19.1 Å². The minimum Gasteiger partial charge on any atom is -0.492 e. The number of hydrogen-bond donors (Lipinski definition) is 2. The van der Waals surface area contributed by atoms with Crippen LogP contribution in [0.2, 0.25) is 0 Å². The highest BCUT2D eigenvalue weighted by Gasteiger charge is 2.04. The Balaban J connectivity index is 1.76. The second-order valence-electron chi connectivity index (χ2n) is 4.18. The molecule has 0 saturated carbocycles. The summed E-state index contributed by atoms with van der Waals surface area (Å²) in [5.74, 6) is 0.614. The lowest BCUT2D eigenvalue weighted by Gasteiger charge is -2.08. The largest absolute Gasteiger partial charge is 0.492 e. The monoisotopic (exact) mass is 334 g/mol. The van der Waals surface area contributed by atoms with Crippen LogP contribution < -0.4 is 15.8 Å². The maximum atomic E-state index is 11.8. The molecule has 0 aromatic heterocycles. The number of ether oxygens (including phenoxy) is 1. The first-order valence-electron chi connectivity index (χ1n) is 6.17. The van der Waals surface area contributed by atoms with Gasteiger partial charge in [-0.3, -0.25) is 4.79 Å². The number of nitrogens with two attached hydrogens (primary N) is 1. The number of nitrogens with one attached hydrogen (secondary N) is 1. The standard InChI is InChI=1S/C15H15BrN2O2/c16-12-3-1-2-11(10-12)15(19)18-8-9-20-14-6-4-13(17)5-7-14/h1-7,10H,8-9,17H2,(H,18,19). The Morgan fingerprint density at radius 3 is 2.65 bits per heavy atom. The molecule has 0 fully saturated rings. The molecular weight excluding hydrogens is 320 g/mol. The number of hydrogen-bond acceptors (Lipinski definition) is 3. The molecule has 0 unspecified atom stereocenters. The van der Waals surface area contributed by atoms with Crippen LogP contribution in [-0.2, 0) is 0 Å². The van der Waals surface area contributed by atoms with Crippen LogP contribution in [0.4, 0.5) is 5.69 Å². The number of nitrogen functional groups attached to an aromatic ring is 1. The average molecular weight is 335 g/mol. The molecule has 0 bridgehead atoms. The van der Waals surface area contributed by atoms with Crippen molar-refractivity contribution in [2.24, 2.45) is 0 Å². The molecule has 3 N–H and O–H groups in total. The fraction of sp³-hybridized carbons (Fsp3) is 0.133. The van der Waals surface area contributed by atoms with Crippen LogP contribution in [0.1, 0.15) is 10.4 Å². The van der Waals surface area contributed by atoms with Crippen LogP contribution in [0.15, 0.2) is 53.0 Å². The Kier molecular flexibility index (Phi) is 5.01. The minimum absolute atomic E-state index is 0.118. The van der Waals surface area contributed by atoms with Crippen molar-refractivity contribution >= 4 is 27.5 Å². The first-order valence-corrected chi connectivity index (χ1v) is 6.96. The molecule has 20 heavy (non-hydrogen) atoms. The zero-order valence-corrected chi connectivity index (χ0v) is 12.4. The third kappa shape index (κ3) is 4.28. The van der Waals surface area contributed by atoms with E-state index in [1.807, 2.05) is 12.1 Å². The predicted octanol–water partition coefficient (Wildman–Crippen LogP) is 2.84. The molecule has 2 aromatic rings. The quantitative estimate of drug-likeness (QED) is 0.652. The summed E-state index contributed by atoms with van der Waals surface area (Å²) in [5.41, 5.74) is 6.89. The number of carbonyl (C=O) groups excluding carboxylic acids is 1. The molecule has 0 aliphatic rings. The summed E-state index contributed by atoms with van der Waals surface area (Å²) in [6.45, 7) is 0.847. The Morgan fingerprint density at radius 1 is 1.20 bits per heavy atom.